The summed E-state index contributed by atoms with van der Waals surface area (Å²) < 4.78 is 16.3. The van der Waals surface area contributed by atoms with Crippen LogP contribution < -0.4 is 25.3 Å². The summed E-state index contributed by atoms with van der Waals surface area (Å²) in [4.78, 5) is 11.7. The van der Waals surface area contributed by atoms with Crippen LogP contribution in [-0.4, -0.2) is 31.9 Å². The van der Waals surface area contributed by atoms with Crippen molar-refractivity contribution in [3.05, 3.63) is 17.7 Å². The lowest BCUT2D eigenvalue weighted by Gasteiger charge is -2.12. The van der Waals surface area contributed by atoms with Crippen LogP contribution in [0.4, 0.5) is 0 Å². The molecular weight excluding hydrogens is 260 g/mol. The number of carbonyl (C=O) groups is 1. The number of nitrogens with two attached hydrogens (primary N) is 1. The van der Waals surface area contributed by atoms with Gasteiger partial charge in [-0.3, -0.25) is 4.79 Å². The highest BCUT2D eigenvalue weighted by atomic mass is 16.7. The highest BCUT2D eigenvalue weighted by molar-refractivity contribution is 5.78. The van der Waals surface area contributed by atoms with Gasteiger partial charge in [0.25, 0.3) is 5.91 Å². The van der Waals surface area contributed by atoms with Crippen molar-refractivity contribution >= 4 is 5.91 Å². The van der Waals surface area contributed by atoms with E-state index < -0.39 is 0 Å². The van der Waals surface area contributed by atoms with Gasteiger partial charge in [-0.25, -0.2) is 0 Å². The van der Waals surface area contributed by atoms with E-state index in [4.69, 9.17) is 19.9 Å². The SMILES string of the molecule is NCCc1cc2c(cc1OCC(=O)NC1CC1)OCO2. The molecule has 0 aromatic heterocycles. The van der Waals surface area contributed by atoms with E-state index >= 15 is 0 Å². The molecule has 1 saturated carbocycles. The topological polar surface area (TPSA) is 82.8 Å². The van der Waals surface area contributed by atoms with Gasteiger partial charge in [-0.05, 0) is 37.4 Å². The Balaban J connectivity index is 1.68. The van der Waals surface area contributed by atoms with Gasteiger partial charge in [-0.15, -0.1) is 0 Å². The third-order valence-electron chi connectivity index (χ3n) is 3.27. The molecule has 2 aliphatic rings. The van der Waals surface area contributed by atoms with E-state index in [-0.39, 0.29) is 19.3 Å². The van der Waals surface area contributed by atoms with Crippen LogP contribution >= 0.6 is 0 Å². The van der Waals surface area contributed by atoms with E-state index in [2.05, 4.69) is 5.32 Å². The monoisotopic (exact) mass is 278 g/mol. The lowest BCUT2D eigenvalue weighted by atomic mass is 10.1. The van der Waals surface area contributed by atoms with E-state index in [1.165, 1.54) is 0 Å². The Bertz CT molecular complexity index is 514. The molecule has 6 nitrogen and oxygen atoms in total. The molecule has 0 atom stereocenters. The highest BCUT2D eigenvalue weighted by Gasteiger charge is 2.24. The maximum atomic E-state index is 11.7. The molecule has 6 heteroatoms. The lowest BCUT2D eigenvalue weighted by Crippen LogP contribution is -2.30. The Labute approximate surface area is 117 Å². The maximum Gasteiger partial charge on any atom is 0.258 e. The molecule has 3 N–H and O–H groups in total. The molecule has 1 amide bonds. The molecule has 20 heavy (non-hydrogen) atoms. The van der Waals surface area contributed by atoms with Crippen LogP contribution in [0.5, 0.6) is 17.2 Å². The first kappa shape index (κ1) is 13.1. The number of rotatable bonds is 6. The summed E-state index contributed by atoms with van der Waals surface area (Å²) in [5, 5.41) is 2.88. The molecule has 0 radical (unpaired) electrons. The number of amides is 1. The molecule has 0 saturated heterocycles. The average molecular weight is 278 g/mol. The van der Waals surface area contributed by atoms with E-state index in [1.807, 2.05) is 6.07 Å². The van der Waals surface area contributed by atoms with Crippen molar-refractivity contribution in [1.82, 2.24) is 5.32 Å². The Hall–Kier alpha value is -1.95. The Morgan fingerprint density at radius 1 is 1.35 bits per heavy atom. The van der Waals surface area contributed by atoms with Gasteiger partial charge in [-0.1, -0.05) is 0 Å². The van der Waals surface area contributed by atoms with Gasteiger partial charge < -0.3 is 25.3 Å². The van der Waals surface area contributed by atoms with Crippen molar-refractivity contribution in [2.75, 3.05) is 19.9 Å². The molecule has 0 unspecified atom stereocenters. The largest absolute Gasteiger partial charge is 0.483 e. The summed E-state index contributed by atoms with van der Waals surface area (Å²) in [7, 11) is 0. The maximum absolute atomic E-state index is 11.7. The van der Waals surface area contributed by atoms with Crippen molar-refractivity contribution in [2.24, 2.45) is 5.73 Å². The first-order chi connectivity index (χ1) is 9.76. The summed E-state index contributed by atoms with van der Waals surface area (Å²) in [6.07, 6.45) is 2.79. The molecule has 3 rings (SSSR count). The standard InChI is InChI=1S/C14H18N2O4/c15-4-3-9-5-12-13(20-8-19-12)6-11(9)18-7-14(17)16-10-1-2-10/h5-6,10H,1-4,7-8,15H2,(H,16,17). The highest BCUT2D eigenvalue weighted by Crippen LogP contribution is 2.38. The van der Waals surface area contributed by atoms with Gasteiger partial charge in [0.1, 0.15) is 5.75 Å². The summed E-state index contributed by atoms with van der Waals surface area (Å²) in [5.41, 5.74) is 6.52. The predicted molar refractivity (Wildman–Crippen MR) is 72.0 cm³/mol. The quantitative estimate of drug-likeness (QED) is 0.795. The third-order valence-corrected chi connectivity index (χ3v) is 3.27. The molecule has 1 fully saturated rings. The van der Waals surface area contributed by atoms with E-state index in [0.29, 0.717) is 36.3 Å². The second-order valence-electron chi connectivity index (χ2n) is 4.98. The first-order valence-electron chi connectivity index (χ1n) is 6.81. The fourth-order valence-corrected chi connectivity index (χ4v) is 2.09. The minimum Gasteiger partial charge on any atom is -0.483 e. The zero-order valence-corrected chi connectivity index (χ0v) is 11.2. The van der Waals surface area contributed by atoms with Gasteiger partial charge in [0.15, 0.2) is 18.1 Å². The number of fused-ring (bicyclic) bond motifs is 1. The van der Waals surface area contributed by atoms with Crippen molar-refractivity contribution in [2.45, 2.75) is 25.3 Å². The fourth-order valence-electron chi connectivity index (χ4n) is 2.09. The van der Waals surface area contributed by atoms with Crippen molar-refractivity contribution < 1.29 is 19.0 Å². The van der Waals surface area contributed by atoms with Gasteiger partial charge in [0, 0.05) is 12.1 Å². The molecule has 0 spiro atoms. The minimum absolute atomic E-state index is 0.00765. The first-order valence-corrected chi connectivity index (χ1v) is 6.81. The van der Waals surface area contributed by atoms with Gasteiger partial charge in [-0.2, -0.15) is 0 Å². The van der Waals surface area contributed by atoms with Crippen molar-refractivity contribution in [3.8, 4) is 17.2 Å². The summed E-state index contributed by atoms with van der Waals surface area (Å²) in [5.74, 6) is 1.88. The molecule has 108 valence electrons. The average Bonchev–Trinajstić information content (AvgIpc) is 3.12. The number of benzene rings is 1. The van der Waals surface area contributed by atoms with Gasteiger partial charge in [0.2, 0.25) is 6.79 Å². The van der Waals surface area contributed by atoms with Crippen molar-refractivity contribution in [1.29, 1.82) is 0 Å². The van der Waals surface area contributed by atoms with E-state index in [9.17, 15) is 4.79 Å². The smallest absolute Gasteiger partial charge is 0.258 e. The molecule has 1 heterocycles. The van der Waals surface area contributed by atoms with E-state index in [0.717, 1.165) is 18.4 Å². The molecule has 1 aromatic carbocycles. The molecule has 1 aliphatic heterocycles. The van der Waals surface area contributed by atoms with Crippen LogP contribution in [0.2, 0.25) is 0 Å². The summed E-state index contributed by atoms with van der Waals surface area (Å²) in [6, 6.07) is 3.97. The second-order valence-corrected chi connectivity index (χ2v) is 4.98. The Morgan fingerprint density at radius 2 is 2.10 bits per heavy atom. The van der Waals surface area contributed by atoms with Crippen LogP contribution in [0.1, 0.15) is 18.4 Å². The molecule has 1 aliphatic carbocycles. The Kier molecular flexibility index (Phi) is 3.64. The van der Waals surface area contributed by atoms with Crippen molar-refractivity contribution in [3.63, 3.8) is 0 Å². The number of carbonyl (C=O) groups excluding carboxylic acids is 1. The minimum atomic E-state index is -0.0936. The molecule has 1 aromatic rings. The summed E-state index contributed by atoms with van der Waals surface area (Å²) in [6.45, 7) is 0.723. The van der Waals surface area contributed by atoms with Crippen LogP contribution in [0.25, 0.3) is 0 Å². The number of nitrogens with one attached hydrogen (secondary N) is 1. The lowest BCUT2D eigenvalue weighted by molar-refractivity contribution is -0.123. The fraction of sp³-hybridized carbons (Fsp3) is 0.500. The summed E-state index contributed by atoms with van der Waals surface area (Å²) >= 11 is 0. The number of hydrogen-bond acceptors (Lipinski definition) is 5. The van der Waals surface area contributed by atoms with Crippen LogP contribution in [0.15, 0.2) is 12.1 Å². The molecular formula is C14H18N2O4. The van der Waals surface area contributed by atoms with Crippen LogP contribution in [-0.2, 0) is 11.2 Å². The van der Waals surface area contributed by atoms with Crippen LogP contribution in [0.3, 0.4) is 0 Å². The zero-order valence-electron chi connectivity index (χ0n) is 11.2. The molecule has 0 bridgehead atoms. The van der Waals surface area contributed by atoms with Gasteiger partial charge in [0.05, 0.1) is 0 Å². The van der Waals surface area contributed by atoms with E-state index in [1.54, 1.807) is 6.07 Å². The number of ether oxygens (including phenoxy) is 3. The second kappa shape index (κ2) is 5.58. The predicted octanol–water partition coefficient (Wildman–Crippen LogP) is 0.574. The Morgan fingerprint density at radius 3 is 2.80 bits per heavy atom. The normalized spacial score (nSPS) is 16.1. The van der Waals surface area contributed by atoms with Crippen LogP contribution in [0, 0.1) is 0 Å². The third kappa shape index (κ3) is 2.96. The number of hydrogen-bond donors (Lipinski definition) is 2. The van der Waals surface area contributed by atoms with Gasteiger partial charge >= 0.3 is 0 Å². The zero-order chi connectivity index (χ0) is 13.9.